The molecule has 3 rings (SSSR count). The summed E-state index contributed by atoms with van der Waals surface area (Å²) in [6, 6.07) is 8.53. The molecule has 1 N–H and O–H groups in total. The van der Waals surface area contributed by atoms with E-state index in [2.05, 4.69) is 47.6 Å². The van der Waals surface area contributed by atoms with Gasteiger partial charge < -0.3 is 4.90 Å². The molecule has 1 unspecified atom stereocenters. The van der Waals surface area contributed by atoms with Crippen molar-refractivity contribution in [2.45, 2.75) is 25.9 Å². The van der Waals surface area contributed by atoms with Crippen molar-refractivity contribution < 1.29 is 4.84 Å². The third kappa shape index (κ3) is 2.57. The normalized spacial score (nSPS) is 24.1. The predicted octanol–water partition coefficient (Wildman–Crippen LogP) is 2.34. The summed E-state index contributed by atoms with van der Waals surface area (Å²) in [5.41, 5.74) is 6.63. The van der Waals surface area contributed by atoms with Crippen molar-refractivity contribution in [3.05, 3.63) is 41.5 Å². The minimum absolute atomic E-state index is 0.180. The van der Waals surface area contributed by atoms with Gasteiger partial charge in [0.25, 0.3) is 0 Å². The fourth-order valence-corrected chi connectivity index (χ4v) is 2.59. The van der Waals surface area contributed by atoms with E-state index in [4.69, 9.17) is 4.84 Å². The number of nitrogens with one attached hydrogen (secondary N) is 1. The van der Waals surface area contributed by atoms with E-state index in [-0.39, 0.29) is 6.10 Å². The molecule has 1 fully saturated rings. The van der Waals surface area contributed by atoms with Gasteiger partial charge in [0, 0.05) is 6.54 Å². The molecule has 1 atom stereocenters. The fourth-order valence-electron chi connectivity index (χ4n) is 2.59. The molecule has 0 saturated carbocycles. The highest BCUT2D eigenvalue weighted by molar-refractivity contribution is 5.65. The van der Waals surface area contributed by atoms with E-state index < -0.39 is 0 Å². The second kappa shape index (κ2) is 5.12. The first-order valence-electron chi connectivity index (χ1n) is 6.74. The van der Waals surface area contributed by atoms with Crippen LogP contribution in [0.15, 0.2) is 30.3 Å². The number of hydroxylamine groups is 1. The molecule has 2 heterocycles. The van der Waals surface area contributed by atoms with Crippen LogP contribution in [0, 0.1) is 6.92 Å². The molecule has 1 aromatic rings. The molecule has 0 bridgehead atoms. The number of benzene rings is 1. The Balaban J connectivity index is 1.65. The van der Waals surface area contributed by atoms with Crippen molar-refractivity contribution in [1.82, 2.24) is 10.4 Å². The molecule has 1 aromatic carbocycles. The van der Waals surface area contributed by atoms with Crippen LogP contribution in [0.1, 0.15) is 24.0 Å². The first-order chi connectivity index (χ1) is 8.81. The Labute approximate surface area is 108 Å². The summed E-state index contributed by atoms with van der Waals surface area (Å²) in [6.07, 6.45) is 5.03. The number of hydrogen-bond donors (Lipinski definition) is 1. The minimum Gasteiger partial charge on any atom is -0.300 e. The lowest BCUT2D eigenvalue weighted by Crippen LogP contribution is -2.30. The lowest BCUT2D eigenvalue weighted by atomic mass is 10.1. The van der Waals surface area contributed by atoms with Gasteiger partial charge in [-0.2, -0.15) is 0 Å². The SMILES string of the molecule is Cc1ccc(C2=CC(CN3CCCC3)ON2)cc1. The Morgan fingerprint density at radius 1 is 1.22 bits per heavy atom. The Kier molecular flexibility index (Phi) is 3.35. The zero-order chi connectivity index (χ0) is 12.4. The molecule has 2 aliphatic heterocycles. The van der Waals surface area contributed by atoms with Crippen LogP contribution < -0.4 is 5.48 Å². The lowest BCUT2D eigenvalue weighted by molar-refractivity contribution is 0.0327. The Morgan fingerprint density at radius 2 is 1.94 bits per heavy atom. The van der Waals surface area contributed by atoms with E-state index in [1.807, 2.05) is 0 Å². The van der Waals surface area contributed by atoms with Crippen molar-refractivity contribution >= 4 is 5.70 Å². The minimum atomic E-state index is 0.180. The van der Waals surface area contributed by atoms with Gasteiger partial charge >= 0.3 is 0 Å². The Bertz CT molecular complexity index is 432. The van der Waals surface area contributed by atoms with Crippen LogP contribution in [0.5, 0.6) is 0 Å². The molecular formula is C15H20N2O. The van der Waals surface area contributed by atoms with Gasteiger partial charge in [-0.15, -0.1) is 0 Å². The number of nitrogens with zero attached hydrogens (tertiary/aromatic N) is 1. The molecule has 1 saturated heterocycles. The van der Waals surface area contributed by atoms with Crippen LogP contribution in [-0.4, -0.2) is 30.6 Å². The van der Waals surface area contributed by atoms with Gasteiger partial charge in [-0.1, -0.05) is 29.8 Å². The highest BCUT2D eigenvalue weighted by atomic mass is 16.7. The van der Waals surface area contributed by atoms with Gasteiger partial charge in [0.05, 0.1) is 5.70 Å². The van der Waals surface area contributed by atoms with Crippen LogP contribution in [0.3, 0.4) is 0 Å². The molecule has 18 heavy (non-hydrogen) atoms. The Morgan fingerprint density at radius 3 is 2.67 bits per heavy atom. The molecule has 0 amide bonds. The fraction of sp³-hybridized carbons (Fsp3) is 0.467. The van der Waals surface area contributed by atoms with Crippen LogP contribution in [0.4, 0.5) is 0 Å². The third-order valence-corrected chi connectivity index (χ3v) is 3.67. The summed E-state index contributed by atoms with van der Waals surface area (Å²) >= 11 is 0. The molecule has 3 nitrogen and oxygen atoms in total. The van der Waals surface area contributed by atoms with Gasteiger partial charge in [0.2, 0.25) is 0 Å². The van der Waals surface area contributed by atoms with Gasteiger partial charge in [-0.25, -0.2) is 0 Å². The maximum Gasteiger partial charge on any atom is 0.118 e. The molecule has 96 valence electrons. The summed E-state index contributed by atoms with van der Waals surface area (Å²) in [7, 11) is 0. The number of rotatable bonds is 3. The first-order valence-corrected chi connectivity index (χ1v) is 6.74. The predicted molar refractivity (Wildman–Crippen MR) is 72.8 cm³/mol. The quantitative estimate of drug-likeness (QED) is 0.883. The maximum atomic E-state index is 5.63. The zero-order valence-corrected chi connectivity index (χ0v) is 10.9. The maximum absolute atomic E-state index is 5.63. The second-order valence-corrected chi connectivity index (χ2v) is 5.21. The van der Waals surface area contributed by atoms with Crippen molar-refractivity contribution in [1.29, 1.82) is 0 Å². The lowest BCUT2D eigenvalue weighted by Gasteiger charge is -2.17. The average Bonchev–Trinajstić information content (AvgIpc) is 3.02. The molecule has 3 heteroatoms. The average molecular weight is 244 g/mol. The van der Waals surface area contributed by atoms with E-state index in [0.29, 0.717) is 0 Å². The van der Waals surface area contributed by atoms with E-state index in [0.717, 1.165) is 12.2 Å². The Hall–Kier alpha value is -1.32. The summed E-state index contributed by atoms with van der Waals surface area (Å²) in [4.78, 5) is 8.10. The second-order valence-electron chi connectivity index (χ2n) is 5.21. The van der Waals surface area contributed by atoms with E-state index in [9.17, 15) is 0 Å². The van der Waals surface area contributed by atoms with Crippen LogP contribution >= 0.6 is 0 Å². The number of hydrogen-bond acceptors (Lipinski definition) is 3. The monoisotopic (exact) mass is 244 g/mol. The molecule has 0 spiro atoms. The topological polar surface area (TPSA) is 24.5 Å². The van der Waals surface area contributed by atoms with Crippen LogP contribution in [0.25, 0.3) is 5.70 Å². The summed E-state index contributed by atoms with van der Waals surface area (Å²) in [5.74, 6) is 0. The van der Waals surface area contributed by atoms with Gasteiger partial charge in [0.15, 0.2) is 0 Å². The van der Waals surface area contributed by atoms with E-state index >= 15 is 0 Å². The van der Waals surface area contributed by atoms with E-state index in [1.165, 1.54) is 37.1 Å². The van der Waals surface area contributed by atoms with Crippen LogP contribution in [-0.2, 0) is 4.84 Å². The van der Waals surface area contributed by atoms with Gasteiger partial charge in [-0.05, 0) is 44.5 Å². The molecular weight excluding hydrogens is 224 g/mol. The molecule has 0 aromatic heterocycles. The zero-order valence-electron chi connectivity index (χ0n) is 10.9. The van der Waals surface area contributed by atoms with Crippen molar-refractivity contribution in [3.63, 3.8) is 0 Å². The summed E-state index contributed by atoms with van der Waals surface area (Å²) < 4.78 is 0. The molecule has 0 aliphatic carbocycles. The highest BCUT2D eigenvalue weighted by Gasteiger charge is 2.21. The van der Waals surface area contributed by atoms with Gasteiger partial charge in [-0.3, -0.25) is 10.3 Å². The van der Waals surface area contributed by atoms with E-state index in [1.54, 1.807) is 0 Å². The molecule has 2 aliphatic rings. The van der Waals surface area contributed by atoms with Crippen LogP contribution in [0.2, 0.25) is 0 Å². The first kappa shape index (κ1) is 11.8. The largest absolute Gasteiger partial charge is 0.300 e. The number of likely N-dealkylation sites (tertiary alicyclic amines) is 1. The van der Waals surface area contributed by atoms with Crippen molar-refractivity contribution in [2.75, 3.05) is 19.6 Å². The highest BCUT2D eigenvalue weighted by Crippen LogP contribution is 2.20. The smallest absolute Gasteiger partial charge is 0.118 e. The molecule has 0 radical (unpaired) electrons. The van der Waals surface area contributed by atoms with Gasteiger partial charge in [0.1, 0.15) is 6.10 Å². The summed E-state index contributed by atoms with van der Waals surface area (Å²) in [5, 5.41) is 0. The third-order valence-electron chi connectivity index (χ3n) is 3.67. The summed E-state index contributed by atoms with van der Waals surface area (Å²) in [6.45, 7) is 5.54. The van der Waals surface area contributed by atoms with Crippen molar-refractivity contribution in [3.8, 4) is 0 Å². The standard InChI is InChI=1S/C15H20N2O/c1-12-4-6-13(7-5-12)15-10-14(18-16-15)11-17-8-2-3-9-17/h4-7,10,14,16H,2-3,8-9,11H2,1H3. The number of aryl methyl sites for hydroxylation is 1. The van der Waals surface area contributed by atoms with Crippen molar-refractivity contribution in [2.24, 2.45) is 0 Å².